The molecule has 0 aliphatic heterocycles. The van der Waals surface area contributed by atoms with Crippen LogP contribution in [0.1, 0.15) is 32.1 Å². The molecule has 2 atom stereocenters. The van der Waals surface area contributed by atoms with Gasteiger partial charge in [0.05, 0.1) is 5.92 Å². The Balaban J connectivity index is 1.64. The van der Waals surface area contributed by atoms with E-state index in [9.17, 15) is 4.79 Å². The van der Waals surface area contributed by atoms with Gasteiger partial charge in [-0.25, -0.2) is 0 Å². The van der Waals surface area contributed by atoms with Gasteiger partial charge in [-0.05, 0) is 25.2 Å². The number of nitrogens with one attached hydrogen (secondary N) is 1. The van der Waals surface area contributed by atoms with Gasteiger partial charge in [0.15, 0.2) is 0 Å². The molecule has 0 heterocycles. The minimum Gasteiger partial charge on any atom is -0.356 e. The lowest BCUT2D eigenvalue weighted by molar-refractivity contribution is -0.122. The Morgan fingerprint density at radius 1 is 1.38 bits per heavy atom. The van der Waals surface area contributed by atoms with Gasteiger partial charge in [0, 0.05) is 12.6 Å². The Morgan fingerprint density at radius 3 is 2.54 bits per heavy atom. The molecule has 74 valence electrons. The van der Waals surface area contributed by atoms with Crippen LogP contribution in [0.3, 0.4) is 0 Å². The normalized spacial score (nSPS) is 33.3. The van der Waals surface area contributed by atoms with Crippen LogP contribution in [0.4, 0.5) is 0 Å². The van der Waals surface area contributed by atoms with Crippen LogP contribution in [-0.2, 0) is 4.79 Å². The van der Waals surface area contributed by atoms with Crippen LogP contribution in [0.5, 0.6) is 0 Å². The fourth-order valence-corrected chi connectivity index (χ4v) is 2.11. The summed E-state index contributed by atoms with van der Waals surface area (Å²) in [5.41, 5.74) is 5.59. The molecule has 1 amide bonds. The van der Waals surface area contributed by atoms with Gasteiger partial charge in [-0.2, -0.15) is 0 Å². The first-order valence-corrected chi connectivity index (χ1v) is 5.30. The number of amides is 1. The lowest BCUT2D eigenvalue weighted by atomic mass is 10.1. The van der Waals surface area contributed by atoms with E-state index in [0.29, 0.717) is 0 Å². The first-order valence-electron chi connectivity index (χ1n) is 5.30. The molecule has 0 aromatic heterocycles. The van der Waals surface area contributed by atoms with E-state index < -0.39 is 0 Å². The highest BCUT2D eigenvalue weighted by Gasteiger charge is 2.39. The van der Waals surface area contributed by atoms with Crippen molar-refractivity contribution in [3.05, 3.63) is 0 Å². The highest BCUT2D eigenvalue weighted by molar-refractivity contribution is 5.82. The summed E-state index contributed by atoms with van der Waals surface area (Å²) in [5.74, 6) is 1.04. The molecule has 0 aromatic carbocycles. The molecule has 3 heteroatoms. The highest BCUT2D eigenvalue weighted by Crippen LogP contribution is 2.28. The first-order chi connectivity index (χ1) is 6.27. The molecule has 2 aliphatic rings. The molecule has 0 spiro atoms. The zero-order valence-electron chi connectivity index (χ0n) is 7.96. The first kappa shape index (κ1) is 9.00. The number of carbonyl (C=O) groups excluding carboxylic acids is 1. The molecule has 2 fully saturated rings. The molecule has 2 rings (SSSR count). The maximum Gasteiger partial charge on any atom is 0.224 e. The van der Waals surface area contributed by atoms with Crippen molar-refractivity contribution in [3.63, 3.8) is 0 Å². The molecule has 0 radical (unpaired) electrons. The Kier molecular flexibility index (Phi) is 2.54. The monoisotopic (exact) mass is 182 g/mol. The summed E-state index contributed by atoms with van der Waals surface area (Å²) in [7, 11) is 0. The third kappa shape index (κ3) is 2.21. The molecule has 0 saturated heterocycles. The topological polar surface area (TPSA) is 55.1 Å². The average Bonchev–Trinajstić information content (AvgIpc) is 2.68. The SMILES string of the molecule is NC1CC1C(=O)NCC1CCCC1. The summed E-state index contributed by atoms with van der Waals surface area (Å²) in [6, 6.07) is 0.142. The van der Waals surface area contributed by atoms with Gasteiger partial charge in [-0.3, -0.25) is 4.79 Å². The van der Waals surface area contributed by atoms with Gasteiger partial charge < -0.3 is 11.1 Å². The summed E-state index contributed by atoms with van der Waals surface area (Å²) >= 11 is 0. The molecular weight excluding hydrogens is 164 g/mol. The molecular formula is C10H18N2O. The predicted molar refractivity (Wildman–Crippen MR) is 51.1 cm³/mol. The van der Waals surface area contributed by atoms with E-state index in [4.69, 9.17) is 5.73 Å². The van der Waals surface area contributed by atoms with E-state index in [1.807, 2.05) is 0 Å². The lowest BCUT2D eigenvalue weighted by Crippen LogP contribution is -2.31. The smallest absolute Gasteiger partial charge is 0.224 e. The van der Waals surface area contributed by atoms with Crippen molar-refractivity contribution >= 4 is 5.91 Å². The van der Waals surface area contributed by atoms with Gasteiger partial charge in [0.1, 0.15) is 0 Å². The number of rotatable bonds is 3. The maximum atomic E-state index is 11.4. The van der Waals surface area contributed by atoms with Crippen molar-refractivity contribution in [1.82, 2.24) is 5.32 Å². The van der Waals surface area contributed by atoms with Gasteiger partial charge in [0.25, 0.3) is 0 Å². The van der Waals surface area contributed by atoms with Gasteiger partial charge in [-0.1, -0.05) is 12.8 Å². The minimum atomic E-state index is 0.126. The van der Waals surface area contributed by atoms with E-state index in [1.165, 1.54) is 25.7 Å². The second-order valence-corrected chi connectivity index (χ2v) is 4.40. The zero-order valence-corrected chi connectivity index (χ0v) is 7.96. The van der Waals surface area contributed by atoms with Crippen LogP contribution in [0.15, 0.2) is 0 Å². The number of nitrogens with two attached hydrogens (primary N) is 1. The highest BCUT2D eigenvalue weighted by atomic mass is 16.2. The average molecular weight is 182 g/mol. The lowest BCUT2D eigenvalue weighted by Gasteiger charge is -2.09. The number of hydrogen-bond acceptors (Lipinski definition) is 2. The molecule has 3 nitrogen and oxygen atoms in total. The Hall–Kier alpha value is -0.570. The van der Waals surface area contributed by atoms with Crippen molar-refractivity contribution in [1.29, 1.82) is 0 Å². The van der Waals surface area contributed by atoms with E-state index in [2.05, 4.69) is 5.32 Å². The van der Waals surface area contributed by atoms with E-state index in [0.717, 1.165) is 18.9 Å². The Morgan fingerprint density at radius 2 is 2.00 bits per heavy atom. The maximum absolute atomic E-state index is 11.4. The second kappa shape index (κ2) is 3.66. The van der Waals surface area contributed by atoms with Gasteiger partial charge in [-0.15, -0.1) is 0 Å². The number of carbonyl (C=O) groups is 1. The van der Waals surface area contributed by atoms with E-state index >= 15 is 0 Å². The summed E-state index contributed by atoms with van der Waals surface area (Å²) < 4.78 is 0. The minimum absolute atomic E-state index is 0.126. The van der Waals surface area contributed by atoms with Crippen molar-refractivity contribution in [2.24, 2.45) is 17.6 Å². The van der Waals surface area contributed by atoms with Crippen LogP contribution in [0.2, 0.25) is 0 Å². The van der Waals surface area contributed by atoms with E-state index in [1.54, 1.807) is 0 Å². The zero-order chi connectivity index (χ0) is 9.26. The summed E-state index contributed by atoms with van der Waals surface area (Å²) in [5, 5.41) is 3.00. The largest absolute Gasteiger partial charge is 0.356 e. The summed E-state index contributed by atoms with van der Waals surface area (Å²) in [4.78, 5) is 11.4. The van der Waals surface area contributed by atoms with Crippen LogP contribution in [0.25, 0.3) is 0 Å². The molecule has 0 bridgehead atoms. The fourth-order valence-electron chi connectivity index (χ4n) is 2.11. The molecule has 2 aliphatic carbocycles. The Labute approximate surface area is 79.1 Å². The second-order valence-electron chi connectivity index (χ2n) is 4.40. The third-order valence-corrected chi connectivity index (χ3v) is 3.22. The fraction of sp³-hybridized carbons (Fsp3) is 0.900. The van der Waals surface area contributed by atoms with Crippen LogP contribution >= 0.6 is 0 Å². The summed E-state index contributed by atoms with van der Waals surface area (Å²) in [6.07, 6.45) is 6.14. The van der Waals surface area contributed by atoms with Crippen molar-refractivity contribution in [2.75, 3.05) is 6.54 Å². The Bertz CT molecular complexity index is 199. The van der Waals surface area contributed by atoms with E-state index in [-0.39, 0.29) is 17.9 Å². The molecule has 2 saturated carbocycles. The molecule has 2 unspecified atom stereocenters. The van der Waals surface area contributed by atoms with Crippen LogP contribution < -0.4 is 11.1 Å². The third-order valence-electron chi connectivity index (χ3n) is 3.22. The van der Waals surface area contributed by atoms with Crippen LogP contribution in [0, 0.1) is 11.8 Å². The quantitative estimate of drug-likeness (QED) is 0.673. The molecule has 0 aromatic rings. The standard InChI is InChI=1S/C10H18N2O/c11-9-5-8(9)10(13)12-6-7-3-1-2-4-7/h7-9H,1-6,11H2,(H,12,13). The van der Waals surface area contributed by atoms with Crippen molar-refractivity contribution in [3.8, 4) is 0 Å². The molecule has 3 N–H and O–H groups in total. The predicted octanol–water partition coefficient (Wildman–Crippen LogP) is 0.640. The summed E-state index contributed by atoms with van der Waals surface area (Å²) in [6.45, 7) is 0.877. The van der Waals surface area contributed by atoms with Crippen molar-refractivity contribution in [2.45, 2.75) is 38.1 Å². The molecule has 13 heavy (non-hydrogen) atoms. The number of hydrogen-bond donors (Lipinski definition) is 2. The van der Waals surface area contributed by atoms with Crippen molar-refractivity contribution < 1.29 is 4.79 Å². The van der Waals surface area contributed by atoms with Crippen LogP contribution in [-0.4, -0.2) is 18.5 Å². The van der Waals surface area contributed by atoms with Gasteiger partial charge in [0.2, 0.25) is 5.91 Å². The van der Waals surface area contributed by atoms with Gasteiger partial charge >= 0.3 is 0 Å².